The molecule has 0 atom stereocenters. The Morgan fingerprint density at radius 1 is 1.09 bits per heavy atom. The molecule has 0 saturated carbocycles. The summed E-state index contributed by atoms with van der Waals surface area (Å²) in [6.07, 6.45) is 0.673. The van der Waals surface area contributed by atoms with Crippen LogP contribution in [-0.4, -0.2) is 22.5 Å². The topological polar surface area (TPSA) is 69.8 Å². The standard InChI is InChI=1S/C18H20N4O/c1-13-6-8-14(9-7-13)12-20-18(23)19-11-10-17-21-15-4-2-3-5-16(15)22-17/h2-9H,10-12H2,1H3,(H,21,22)(H2,19,20,23). The van der Waals surface area contributed by atoms with E-state index in [2.05, 4.69) is 20.6 Å². The summed E-state index contributed by atoms with van der Waals surface area (Å²) in [6.45, 7) is 3.11. The second-order valence-electron chi connectivity index (χ2n) is 5.55. The quantitative estimate of drug-likeness (QED) is 0.678. The van der Waals surface area contributed by atoms with Crippen LogP contribution < -0.4 is 10.6 Å². The molecule has 0 spiro atoms. The van der Waals surface area contributed by atoms with Gasteiger partial charge in [0.2, 0.25) is 0 Å². The number of nitrogens with one attached hydrogen (secondary N) is 3. The molecule has 2 aromatic carbocycles. The molecule has 3 N–H and O–H groups in total. The lowest BCUT2D eigenvalue weighted by molar-refractivity contribution is 0.240. The molecule has 0 aliphatic carbocycles. The molecule has 1 aromatic heterocycles. The highest BCUT2D eigenvalue weighted by atomic mass is 16.2. The number of aryl methyl sites for hydroxylation is 1. The van der Waals surface area contributed by atoms with Gasteiger partial charge in [-0.3, -0.25) is 0 Å². The van der Waals surface area contributed by atoms with E-state index in [1.165, 1.54) is 5.56 Å². The summed E-state index contributed by atoms with van der Waals surface area (Å²) in [7, 11) is 0. The van der Waals surface area contributed by atoms with Crippen molar-refractivity contribution in [2.24, 2.45) is 0 Å². The molecule has 0 unspecified atom stereocenters. The Kier molecular flexibility index (Phi) is 4.57. The number of aromatic amines is 1. The monoisotopic (exact) mass is 308 g/mol. The maximum absolute atomic E-state index is 11.8. The Morgan fingerprint density at radius 3 is 2.65 bits per heavy atom. The first-order valence-electron chi connectivity index (χ1n) is 7.71. The largest absolute Gasteiger partial charge is 0.342 e. The highest BCUT2D eigenvalue weighted by molar-refractivity contribution is 5.75. The molecule has 0 radical (unpaired) electrons. The molecule has 0 aliphatic heterocycles. The maximum Gasteiger partial charge on any atom is 0.315 e. The summed E-state index contributed by atoms with van der Waals surface area (Å²) in [4.78, 5) is 19.5. The molecular formula is C18H20N4O. The number of carbonyl (C=O) groups is 1. The fraction of sp³-hybridized carbons (Fsp3) is 0.222. The lowest BCUT2D eigenvalue weighted by Gasteiger charge is -2.07. The normalized spacial score (nSPS) is 10.7. The van der Waals surface area contributed by atoms with Crippen molar-refractivity contribution in [1.82, 2.24) is 20.6 Å². The molecule has 3 rings (SSSR count). The third-order valence-electron chi connectivity index (χ3n) is 3.66. The van der Waals surface area contributed by atoms with Crippen LogP contribution in [0.5, 0.6) is 0 Å². The van der Waals surface area contributed by atoms with Crippen molar-refractivity contribution in [3.8, 4) is 0 Å². The zero-order valence-corrected chi connectivity index (χ0v) is 13.1. The van der Waals surface area contributed by atoms with Crippen LogP contribution >= 0.6 is 0 Å². The van der Waals surface area contributed by atoms with E-state index in [1.54, 1.807) is 0 Å². The van der Waals surface area contributed by atoms with Crippen LogP contribution in [0.4, 0.5) is 4.79 Å². The summed E-state index contributed by atoms with van der Waals surface area (Å²) in [5.41, 5.74) is 4.27. The Hall–Kier alpha value is -2.82. The number of benzene rings is 2. The van der Waals surface area contributed by atoms with Gasteiger partial charge in [0.15, 0.2) is 0 Å². The molecule has 5 heteroatoms. The number of carbonyl (C=O) groups excluding carboxylic acids is 1. The first-order chi connectivity index (χ1) is 11.2. The minimum Gasteiger partial charge on any atom is -0.342 e. The van der Waals surface area contributed by atoms with Crippen LogP contribution in [0.15, 0.2) is 48.5 Å². The Balaban J connectivity index is 1.43. The molecular weight excluding hydrogens is 288 g/mol. The first kappa shape index (κ1) is 15.1. The molecule has 0 aliphatic rings. The molecule has 0 fully saturated rings. The molecule has 1 heterocycles. The zero-order valence-electron chi connectivity index (χ0n) is 13.1. The Morgan fingerprint density at radius 2 is 1.87 bits per heavy atom. The fourth-order valence-corrected chi connectivity index (χ4v) is 2.37. The van der Waals surface area contributed by atoms with Gasteiger partial charge in [0, 0.05) is 19.5 Å². The van der Waals surface area contributed by atoms with E-state index in [0.717, 1.165) is 22.4 Å². The number of para-hydroxylation sites is 2. The highest BCUT2D eigenvalue weighted by Gasteiger charge is 2.04. The van der Waals surface area contributed by atoms with Crippen LogP contribution in [0.1, 0.15) is 17.0 Å². The Labute approximate surface area is 135 Å². The molecule has 0 bridgehead atoms. The number of urea groups is 1. The van der Waals surface area contributed by atoms with E-state index in [0.29, 0.717) is 19.5 Å². The number of amides is 2. The van der Waals surface area contributed by atoms with Gasteiger partial charge >= 0.3 is 6.03 Å². The van der Waals surface area contributed by atoms with Crippen molar-refractivity contribution in [3.63, 3.8) is 0 Å². The van der Waals surface area contributed by atoms with Crippen LogP contribution in [-0.2, 0) is 13.0 Å². The van der Waals surface area contributed by atoms with Crippen molar-refractivity contribution < 1.29 is 4.79 Å². The molecule has 0 saturated heterocycles. The minimum atomic E-state index is -0.165. The van der Waals surface area contributed by atoms with E-state index in [4.69, 9.17) is 0 Å². The number of hydrogen-bond acceptors (Lipinski definition) is 2. The second kappa shape index (κ2) is 6.96. The van der Waals surface area contributed by atoms with Gasteiger partial charge in [0.25, 0.3) is 0 Å². The summed E-state index contributed by atoms with van der Waals surface area (Å²) in [6, 6.07) is 15.8. The van der Waals surface area contributed by atoms with Gasteiger partial charge in [-0.05, 0) is 24.6 Å². The molecule has 2 amide bonds. The molecule has 5 nitrogen and oxygen atoms in total. The van der Waals surface area contributed by atoms with Gasteiger partial charge in [0.05, 0.1) is 11.0 Å². The summed E-state index contributed by atoms with van der Waals surface area (Å²) in [5, 5.41) is 5.70. The smallest absolute Gasteiger partial charge is 0.315 e. The van der Waals surface area contributed by atoms with Crippen molar-refractivity contribution in [3.05, 3.63) is 65.5 Å². The third kappa shape index (κ3) is 4.10. The van der Waals surface area contributed by atoms with Gasteiger partial charge in [-0.15, -0.1) is 0 Å². The van der Waals surface area contributed by atoms with Crippen LogP contribution in [0, 0.1) is 6.92 Å². The number of imidazole rings is 1. The van der Waals surface area contributed by atoms with Crippen molar-refractivity contribution in [2.45, 2.75) is 19.9 Å². The Bertz CT molecular complexity index is 759. The third-order valence-corrected chi connectivity index (χ3v) is 3.66. The molecule has 23 heavy (non-hydrogen) atoms. The van der Waals surface area contributed by atoms with Crippen molar-refractivity contribution in [1.29, 1.82) is 0 Å². The lowest BCUT2D eigenvalue weighted by atomic mass is 10.1. The van der Waals surface area contributed by atoms with Gasteiger partial charge in [-0.25, -0.2) is 9.78 Å². The van der Waals surface area contributed by atoms with Gasteiger partial charge in [0.1, 0.15) is 5.82 Å². The maximum atomic E-state index is 11.8. The van der Waals surface area contributed by atoms with Crippen LogP contribution in [0.2, 0.25) is 0 Å². The van der Waals surface area contributed by atoms with E-state index >= 15 is 0 Å². The number of rotatable bonds is 5. The first-order valence-corrected chi connectivity index (χ1v) is 7.71. The van der Waals surface area contributed by atoms with E-state index in [9.17, 15) is 4.79 Å². The molecule has 118 valence electrons. The SMILES string of the molecule is Cc1ccc(CNC(=O)NCCc2nc3ccccc3[nH]2)cc1. The summed E-state index contributed by atoms with van der Waals surface area (Å²) in [5.74, 6) is 0.880. The highest BCUT2D eigenvalue weighted by Crippen LogP contribution is 2.10. The summed E-state index contributed by atoms with van der Waals surface area (Å²) >= 11 is 0. The molecule has 3 aromatic rings. The fourth-order valence-electron chi connectivity index (χ4n) is 2.37. The minimum absolute atomic E-state index is 0.165. The number of nitrogens with zero attached hydrogens (tertiary/aromatic N) is 1. The number of hydrogen-bond donors (Lipinski definition) is 3. The summed E-state index contributed by atoms with van der Waals surface area (Å²) < 4.78 is 0. The van der Waals surface area contributed by atoms with Crippen molar-refractivity contribution >= 4 is 17.1 Å². The van der Waals surface area contributed by atoms with Crippen molar-refractivity contribution in [2.75, 3.05) is 6.54 Å². The average molecular weight is 308 g/mol. The van der Waals surface area contributed by atoms with E-state index in [1.807, 2.05) is 55.5 Å². The lowest BCUT2D eigenvalue weighted by Crippen LogP contribution is -2.36. The number of H-pyrrole nitrogens is 1. The number of fused-ring (bicyclic) bond motifs is 1. The van der Waals surface area contributed by atoms with E-state index < -0.39 is 0 Å². The van der Waals surface area contributed by atoms with E-state index in [-0.39, 0.29) is 6.03 Å². The predicted octanol–water partition coefficient (Wildman–Crippen LogP) is 2.91. The van der Waals surface area contributed by atoms with Crippen LogP contribution in [0.25, 0.3) is 11.0 Å². The van der Waals surface area contributed by atoms with Crippen LogP contribution in [0.3, 0.4) is 0 Å². The average Bonchev–Trinajstić information content (AvgIpc) is 2.97. The zero-order chi connectivity index (χ0) is 16.1. The second-order valence-corrected chi connectivity index (χ2v) is 5.55. The van der Waals surface area contributed by atoms with Gasteiger partial charge in [-0.2, -0.15) is 0 Å². The predicted molar refractivity (Wildman–Crippen MR) is 91.2 cm³/mol. The van der Waals surface area contributed by atoms with Gasteiger partial charge < -0.3 is 15.6 Å². The van der Waals surface area contributed by atoms with Gasteiger partial charge in [-0.1, -0.05) is 42.0 Å². The number of aromatic nitrogens is 2.